The summed E-state index contributed by atoms with van der Waals surface area (Å²) in [6, 6.07) is 5.82. The van der Waals surface area contributed by atoms with Gasteiger partial charge < -0.3 is 5.73 Å². The molecule has 1 rings (SSSR count). The van der Waals surface area contributed by atoms with Crippen molar-refractivity contribution in [2.75, 3.05) is 18.8 Å². The molecule has 0 saturated heterocycles. The summed E-state index contributed by atoms with van der Waals surface area (Å²) in [7, 11) is -7.29. The molecule has 118 valence electrons. The highest BCUT2D eigenvalue weighted by Crippen LogP contribution is 2.11. The van der Waals surface area contributed by atoms with Crippen molar-refractivity contribution in [2.45, 2.75) is 11.8 Å². The Labute approximate surface area is 130 Å². The Morgan fingerprint density at radius 3 is 2.48 bits per heavy atom. The number of thiocarbonyl (C=S) groups is 1. The molecule has 0 aromatic heterocycles. The Kier molecular flexibility index (Phi) is 6.23. The van der Waals surface area contributed by atoms with Crippen LogP contribution in [-0.2, 0) is 20.0 Å². The Morgan fingerprint density at radius 2 is 1.90 bits per heavy atom. The molecule has 0 radical (unpaired) electrons. The number of hydrogen-bond donors (Lipinski definition) is 3. The molecule has 0 amide bonds. The van der Waals surface area contributed by atoms with E-state index in [0.29, 0.717) is 5.56 Å². The lowest BCUT2D eigenvalue weighted by molar-refractivity contribution is 0.576. The molecule has 0 aliphatic carbocycles. The minimum Gasteiger partial charge on any atom is -0.389 e. The number of nitrogens with one attached hydrogen (secondary N) is 2. The molecule has 0 saturated carbocycles. The highest BCUT2D eigenvalue weighted by molar-refractivity contribution is 7.90. The highest BCUT2D eigenvalue weighted by atomic mass is 32.2. The zero-order valence-corrected chi connectivity index (χ0v) is 13.8. The standard InChI is InChI=1S/C11H17N3O4S3/c1-2-13-20(15,16)7-6-14-21(17,18)10-5-3-4-9(8-10)11(12)19/h3-5,8,13-14H,2,6-7H2,1H3,(H2,12,19). The van der Waals surface area contributed by atoms with Gasteiger partial charge in [-0.1, -0.05) is 31.3 Å². The van der Waals surface area contributed by atoms with Crippen LogP contribution in [0.5, 0.6) is 0 Å². The molecular formula is C11H17N3O4S3. The fourth-order valence-electron chi connectivity index (χ4n) is 1.50. The molecule has 21 heavy (non-hydrogen) atoms. The number of rotatable bonds is 8. The van der Waals surface area contributed by atoms with Crippen LogP contribution in [0, 0.1) is 0 Å². The highest BCUT2D eigenvalue weighted by Gasteiger charge is 2.16. The van der Waals surface area contributed by atoms with Gasteiger partial charge in [-0.2, -0.15) is 0 Å². The third-order valence-corrected chi connectivity index (χ3v) is 5.62. The predicted molar refractivity (Wildman–Crippen MR) is 85.0 cm³/mol. The van der Waals surface area contributed by atoms with E-state index in [-0.39, 0.29) is 28.7 Å². The van der Waals surface area contributed by atoms with Gasteiger partial charge in [-0.05, 0) is 12.1 Å². The number of sulfonamides is 2. The largest absolute Gasteiger partial charge is 0.389 e. The lowest BCUT2D eigenvalue weighted by Crippen LogP contribution is -2.34. The summed E-state index contributed by atoms with van der Waals surface area (Å²) in [5.74, 6) is -0.338. The number of nitrogens with two attached hydrogens (primary N) is 1. The first-order valence-electron chi connectivity index (χ1n) is 6.05. The molecular weight excluding hydrogens is 334 g/mol. The van der Waals surface area contributed by atoms with Gasteiger partial charge in [0.15, 0.2) is 0 Å². The third kappa shape index (κ3) is 5.67. The molecule has 0 aliphatic heterocycles. The fourth-order valence-corrected chi connectivity index (χ4v) is 3.79. The lowest BCUT2D eigenvalue weighted by atomic mass is 10.2. The van der Waals surface area contributed by atoms with Crippen LogP contribution < -0.4 is 15.2 Å². The van der Waals surface area contributed by atoms with Crippen LogP contribution in [-0.4, -0.2) is 40.7 Å². The van der Waals surface area contributed by atoms with Crippen LogP contribution >= 0.6 is 12.2 Å². The van der Waals surface area contributed by atoms with Gasteiger partial charge in [-0.15, -0.1) is 0 Å². The topological polar surface area (TPSA) is 118 Å². The maximum atomic E-state index is 12.0. The van der Waals surface area contributed by atoms with Crippen molar-refractivity contribution in [2.24, 2.45) is 5.73 Å². The summed E-state index contributed by atoms with van der Waals surface area (Å²) in [5, 5.41) is 0. The van der Waals surface area contributed by atoms with Crippen molar-refractivity contribution in [3.8, 4) is 0 Å². The normalized spacial score (nSPS) is 12.2. The quantitative estimate of drug-likeness (QED) is 0.545. The van der Waals surface area contributed by atoms with E-state index in [1.165, 1.54) is 18.2 Å². The Morgan fingerprint density at radius 1 is 1.24 bits per heavy atom. The smallest absolute Gasteiger partial charge is 0.240 e. The summed E-state index contributed by atoms with van der Waals surface area (Å²) in [4.78, 5) is 0.0652. The Bertz CT molecular complexity index is 714. The van der Waals surface area contributed by atoms with Crippen LogP contribution in [0.15, 0.2) is 29.2 Å². The Balaban J connectivity index is 2.79. The molecule has 0 heterocycles. The van der Waals surface area contributed by atoms with Crippen molar-refractivity contribution < 1.29 is 16.8 Å². The molecule has 0 aliphatic rings. The monoisotopic (exact) mass is 351 g/mol. The second-order valence-corrected chi connectivity index (χ2v) is 8.24. The summed E-state index contributed by atoms with van der Waals surface area (Å²) in [6.07, 6.45) is 0. The minimum absolute atomic E-state index is 0.0198. The van der Waals surface area contributed by atoms with Crippen LogP contribution in [0.4, 0.5) is 0 Å². The van der Waals surface area contributed by atoms with Crippen molar-refractivity contribution in [1.82, 2.24) is 9.44 Å². The van der Waals surface area contributed by atoms with Crippen LogP contribution in [0.25, 0.3) is 0 Å². The van der Waals surface area contributed by atoms with Crippen LogP contribution in [0.3, 0.4) is 0 Å². The predicted octanol–water partition coefficient (Wildman–Crippen LogP) is -0.462. The van der Waals surface area contributed by atoms with E-state index in [0.717, 1.165) is 0 Å². The molecule has 0 spiro atoms. The van der Waals surface area contributed by atoms with E-state index in [1.54, 1.807) is 13.0 Å². The van der Waals surface area contributed by atoms with Gasteiger partial charge in [0, 0.05) is 18.7 Å². The first-order valence-corrected chi connectivity index (χ1v) is 9.59. The average Bonchev–Trinajstić information content (AvgIpc) is 2.38. The molecule has 1 aromatic rings. The molecule has 4 N–H and O–H groups in total. The second-order valence-electron chi connectivity index (χ2n) is 4.11. The maximum Gasteiger partial charge on any atom is 0.240 e. The van der Waals surface area contributed by atoms with E-state index in [1.807, 2.05) is 0 Å². The van der Waals surface area contributed by atoms with E-state index in [9.17, 15) is 16.8 Å². The SMILES string of the molecule is CCNS(=O)(=O)CCNS(=O)(=O)c1cccc(C(N)=S)c1. The van der Waals surface area contributed by atoms with Gasteiger partial charge in [0.2, 0.25) is 20.0 Å². The van der Waals surface area contributed by atoms with Gasteiger partial charge in [-0.3, -0.25) is 0 Å². The van der Waals surface area contributed by atoms with Gasteiger partial charge in [0.1, 0.15) is 4.99 Å². The first-order chi connectivity index (χ1) is 9.68. The molecule has 1 aromatic carbocycles. The van der Waals surface area contributed by atoms with E-state index >= 15 is 0 Å². The summed E-state index contributed by atoms with van der Waals surface area (Å²) < 4.78 is 51.4. The third-order valence-electron chi connectivity index (χ3n) is 2.46. The molecule has 0 bridgehead atoms. The van der Waals surface area contributed by atoms with Gasteiger partial charge in [0.05, 0.1) is 10.6 Å². The number of hydrogen-bond acceptors (Lipinski definition) is 5. The second kappa shape index (κ2) is 7.27. The molecule has 0 atom stereocenters. The zero-order valence-electron chi connectivity index (χ0n) is 11.4. The van der Waals surface area contributed by atoms with Crippen molar-refractivity contribution >= 4 is 37.3 Å². The van der Waals surface area contributed by atoms with Crippen molar-refractivity contribution in [3.05, 3.63) is 29.8 Å². The minimum atomic E-state index is -3.81. The summed E-state index contributed by atoms with van der Waals surface area (Å²) in [6.45, 7) is 1.67. The van der Waals surface area contributed by atoms with E-state index in [2.05, 4.69) is 9.44 Å². The molecule has 0 fully saturated rings. The van der Waals surface area contributed by atoms with E-state index in [4.69, 9.17) is 18.0 Å². The summed E-state index contributed by atoms with van der Waals surface area (Å²) in [5.41, 5.74) is 5.87. The van der Waals surface area contributed by atoms with E-state index < -0.39 is 20.0 Å². The lowest BCUT2D eigenvalue weighted by Gasteiger charge is -2.08. The van der Waals surface area contributed by atoms with Crippen LogP contribution in [0.1, 0.15) is 12.5 Å². The average molecular weight is 351 g/mol. The van der Waals surface area contributed by atoms with Gasteiger partial charge in [0.25, 0.3) is 0 Å². The summed E-state index contributed by atoms with van der Waals surface area (Å²) >= 11 is 4.78. The molecule has 7 nitrogen and oxygen atoms in total. The Hall–Kier alpha value is -1.07. The first kappa shape index (κ1) is 18.0. The van der Waals surface area contributed by atoms with Gasteiger partial charge >= 0.3 is 0 Å². The van der Waals surface area contributed by atoms with Crippen molar-refractivity contribution in [3.63, 3.8) is 0 Å². The zero-order chi connectivity index (χ0) is 16.1. The fraction of sp³-hybridized carbons (Fsp3) is 0.364. The maximum absolute atomic E-state index is 12.0. The van der Waals surface area contributed by atoms with Gasteiger partial charge in [-0.25, -0.2) is 26.3 Å². The number of benzene rings is 1. The molecule has 0 unspecified atom stereocenters. The van der Waals surface area contributed by atoms with Crippen LogP contribution in [0.2, 0.25) is 0 Å². The molecule has 10 heteroatoms. The van der Waals surface area contributed by atoms with Crippen molar-refractivity contribution in [1.29, 1.82) is 0 Å².